The quantitative estimate of drug-likeness (QED) is 0.881. The number of rotatable bonds is 3. The maximum Gasteiger partial charge on any atom is 0.273 e. The van der Waals surface area contributed by atoms with Crippen LogP contribution in [-0.4, -0.2) is 57.7 Å². The summed E-state index contributed by atoms with van der Waals surface area (Å²) in [6.45, 7) is 3.02. The highest BCUT2D eigenvalue weighted by molar-refractivity contribution is 5.81. The molecular formula is C19H24N4O3. The van der Waals surface area contributed by atoms with Crippen LogP contribution >= 0.6 is 0 Å². The van der Waals surface area contributed by atoms with Crippen LogP contribution in [0.5, 0.6) is 0 Å². The van der Waals surface area contributed by atoms with Gasteiger partial charge in [-0.1, -0.05) is 25.0 Å². The van der Waals surface area contributed by atoms with Crippen molar-refractivity contribution in [2.24, 2.45) is 0 Å². The first-order valence-corrected chi connectivity index (χ1v) is 9.37. The number of carbonyl (C=O) groups excluding carboxylic acids is 1. The molecule has 0 unspecified atom stereocenters. The third-order valence-corrected chi connectivity index (χ3v) is 5.69. The van der Waals surface area contributed by atoms with E-state index in [0.717, 1.165) is 17.8 Å². The number of fused-ring (bicyclic) bond motifs is 1. The number of nitrogens with zero attached hydrogens (tertiary/aromatic N) is 3. The number of hydrogen-bond donors (Lipinski definition) is 1. The number of amides is 1. The van der Waals surface area contributed by atoms with Crippen molar-refractivity contribution < 1.29 is 4.79 Å². The Labute approximate surface area is 151 Å². The average Bonchev–Trinajstić information content (AvgIpc) is 3.21. The lowest BCUT2D eigenvalue weighted by molar-refractivity contribution is -0.134. The highest BCUT2D eigenvalue weighted by atomic mass is 16.2. The molecular weight excluding hydrogens is 332 g/mol. The molecule has 1 aliphatic heterocycles. The van der Waals surface area contributed by atoms with E-state index in [1.807, 2.05) is 0 Å². The summed E-state index contributed by atoms with van der Waals surface area (Å²) in [4.78, 5) is 41.6. The van der Waals surface area contributed by atoms with E-state index >= 15 is 0 Å². The van der Waals surface area contributed by atoms with Crippen LogP contribution in [0.2, 0.25) is 0 Å². The van der Waals surface area contributed by atoms with Crippen molar-refractivity contribution in [1.82, 2.24) is 19.6 Å². The van der Waals surface area contributed by atoms with Gasteiger partial charge in [0.1, 0.15) is 6.54 Å². The Morgan fingerprint density at radius 2 is 1.65 bits per heavy atom. The second-order valence-corrected chi connectivity index (χ2v) is 7.23. The van der Waals surface area contributed by atoms with Gasteiger partial charge in [-0.25, -0.2) is 4.68 Å². The van der Waals surface area contributed by atoms with Crippen LogP contribution < -0.4 is 11.1 Å². The van der Waals surface area contributed by atoms with Crippen LogP contribution in [-0.2, 0) is 11.3 Å². The Bertz CT molecular complexity index is 918. The number of aromatic nitrogens is 2. The molecule has 1 saturated carbocycles. The highest BCUT2D eigenvalue weighted by Crippen LogP contribution is 2.24. The number of piperazine rings is 1. The average molecular weight is 356 g/mol. The molecule has 1 N–H and O–H groups in total. The van der Waals surface area contributed by atoms with Crippen LogP contribution in [0, 0.1) is 0 Å². The van der Waals surface area contributed by atoms with E-state index in [9.17, 15) is 14.4 Å². The van der Waals surface area contributed by atoms with Gasteiger partial charge in [-0.05, 0) is 25.0 Å². The maximum absolute atomic E-state index is 12.6. The number of H-pyrrole nitrogens is 1. The van der Waals surface area contributed by atoms with E-state index in [4.69, 9.17) is 0 Å². The lowest BCUT2D eigenvalue weighted by Gasteiger charge is -2.38. The Balaban J connectivity index is 1.46. The van der Waals surface area contributed by atoms with Gasteiger partial charge in [0, 0.05) is 32.2 Å². The van der Waals surface area contributed by atoms with E-state index in [1.165, 1.54) is 25.7 Å². The standard InChI is InChI=1S/C19H24N4O3/c24-17(22-11-9-21(10-12-22)14-5-1-2-6-14)13-23-19(26)16-8-4-3-7-15(16)18(25)20-23/h3-4,7-8,14H,1-2,5-6,9-13H2,(H,20,25). The Morgan fingerprint density at radius 3 is 2.35 bits per heavy atom. The van der Waals surface area contributed by atoms with Gasteiger partial charge in [0.2, 0.25) is 5.91 Å². The van der Waals surface area contributed by atoms with E-state index in [0.29, 0.717) is 29.9 Å². The minimum atomic E-state index is -0.348. The summed E-state index contributed by atoms with van der Waals surface area (Å²) in [6.07, 6.45) is 5.15. The molecule has 0 bridgehead atoms. The summed E-state index contributed by atoms with van der Waals surface area (Å²) in [5, 5.41) is 3.23. The second-order valence-electron chi connectivity index (χ2n) is 7.23. The Morgan fingerprint density at radius 1 is 1.00 bits per heavy atom. The molecule has 0 radical (unpaired) electrons. The topological polar surface area (TPSA) is 78.4 Å². The van der Waals surface area contributed by atoms with Crippen molar-refractivity contribution in [2.75, 3.05) is 26.2 Å². The smallest absolute Gasteiger partial charge is 0.273 e. The lowest BCUT2D eigenvalue weighted by atomic mass is 10.2. The van der Waals surface area contributed by atoms with Gasteiger partial charge in [-0.3, -0.25) is 24.4 Å². The third kappa shape index (κ3) is 3.19. The molecule has 0 spiro atoms. The summed E-state index contributed by atoms with van der Waals surface area (Å²) in [5.74, 6) is -0.121. The molecule has 1 saturated heterocycles. The summed E-state index contributed by atoms with van der Waals surface area (Å²) < 4.78 is 1.14. The number of benzene rings is 1. The zero-order valence-electron chi connectivity index (χ0n) is 14.8. The summed E-state index contributed by atoms with van der Waals surface area (Å²) in [5.41, 5.74) is -0.683. The first-order chi connectivity index (χ1) is 12.6. The molecule has 138 valence electrons. The summed E-state index contributed by atoms with van der Waals surface area (Å²) >= 11 is 0. The van der Waals surface area contributed by atoms with Crippen LogP contribution in [0.3, 0.4) is 0 Å². The van der Waals surface area contributed by atoms with E-state index in [-0.39, 0.29) is 23.6 Å². The van der Waals surface area contributed by atoms with Crippen LogP contribution in [0.25, 0.3) is 10.8 Å². The zero-order chi connectivity index (χ0) is 18.1. The molecule has 2 heterocycles. The predicted octanol–water partition coefficient (Wildman–Crippen LogP) is 0.777. The van der Waals surface area contributed by atoms with Gasteiger partial charge in [-0.15, -0.1) is 0 Å². The molecule has 26 heavy (non-hydrogen) atoms. The van der Waals surface area contributed by atoms with Crippen molar-refractivity contribution in [3.63, 3.8) is 0 Å². The number of aromatic amines is 1. The Kier molecular flexibility index (Phi) is 4.63. The normalized spacial score (nSPS) is 19.3. The summed E-state index contributed by atoms with van der Waals surface area (Å²) in [7, 11) is 0. The van der Waals surface area contributed by atoms with Gasteiger partial charge in [0.25, 0.3) is 11.1 Å². The molecule has 4 rings (SSSR count). The second kappa shape index (κ2) is 7.07. The molecule has 7 heteroatoms. The molecule has 7 nitrogen and oxygen atoms in total. The van der Waals surface area contributed by atoms with Gasteiger partial charge in [0.05, 0.1) is 10.8 Å². The SMILES string of the molecule is O=C(Cn1[nH]c(=O)c2ccccc2c1=O)N1CCN(C2CCCC2)CC1. The zero-order valence-corrected chi connectivity index (χ0v) is 14.8. The fraction of sp³-hybridized carbons (Fsp3) is 0.526. The third-order valence-electron chi connectivity index (χ3n) is 5.69. The van der Waals surface area contributed by atoms with Crippen LogP contribution in [0.15, 0.2) is 33.9 Å². The largest absolute Gasteiger partial charge is 0.339 e. The van der Waals surface area contributed by atoms with Crippen molar-refractivity contribution >= 4 is 16.7 Å². The molecule has 2 aromatic rings. The fourth-order valence-electron chi connectivity index (χ4n) is 4.20. The van der Waals surface area contributed by atoms with Crippen LogP contribution in [0.4, 0.5) is 0 Å². The van der Waals surface area contributed by atoms with Gasteiger partial charge in [-0.2, -0.15) is 0 Å². The van der Waals surface area contributed by atoms with E-state index < -0.39 is 0 Å². The van der Waals surface area contributed by atoms with Crippen molar-refractivity contribution in [3.05, 3.63) is 45.0 Å². The van der Waals surface area contributed by atoms with Crippen molar-refractivity contribution in [2.45, 2.75) is 38.3 Å². The first-order valence-electron chi connectivity index (χ1n) is 9.37. The number of carbonyl (C=O) groups is 1. The predicted molar refractivity (Wildman–Crippen MR) is 99.2 cm³/mol. The van der Waals surface area contributed by atoms with Gasteiger partial charge >= 0.3 is 0 Å². The first kappa shape index (κ1) is 17.0. The molecule has 1 aliphatic carbocycles. The van der Waals surface area contributed by atoms with Crippen molar-refractivity contribution in [1.29, 1.82) is 0 Å². The molecule has 0 atom stereocenters. The van der Waals surface area contributed by atoms with E-state index in [1.54, 1.807) is 29.2 Å². The highest BCUT2D eigenvalue weighted by Gasteiger charge is 2.28. The van der Waals surface area contributed by atoms with Gasteiger partial charge < -0.3 is 4.90 Å². The Hall–Kier alpha value is -2.41. The monoisotopic (exact) mass is 356 g/mol. The summed E-state index contributed by atoms with van der Waals surface area (Å²) in [6, 6.07) is 7.35. The van der Waals surface area contributed by atoms with Crippen LogP contribution in [0.1, 0.15) is 25.7 Å². The molecule has 2 fully saturated rings. The lowest BCUT2D eigenvalue weighted by Crippen LogP contribution is -2.52. The van der Waals surface area contributed by atoms with E-state index in [2.05, 4.69) is 10.00 Å². The number of nitrogens with one attached hydrogen (secondary N) is 1. The van der Waals surface area contributed by atoms with Gasteiger partial charge in [0.15, 0.2) is 0 Å². The molecule has 2 aliphatic rings. The fourth-order valence-corrected chi connectivity index (χ4v) is 4.20. The minimum Gasteiger partial charge on any atom is -0.339 e. The minimum absolute atomic E-state index is 0.121. The molecule has 1 amide bonds. The maximum atomic E-state index is 12.6. The molecule has 1 aromatic carbocycles. The number of hydrogen-bond acceptors (Lipinski definition) is 4. The van der Waals surface area contributed by atoms with Crippen molar-refractivity contribution in [3.8, 4) is 0 Å². The molecule has 1 aromatic heterocycles.